The molecule has 1 unspecified atom stereocenters. The second-order valence-electron chi connectivity index (χ2n) is 7.38. The average molecular weight is 399 g/mol. The maximum Gasteiger partial charge on any atom is 0.263 e. The van der Waals surface area contributed by atoms with Gasteiger partial charge >= 0.3 is 0 Å². The molecule has 1 atom stereocenters. The third-order valence-corrected chi connectivity index (χ3v) is 6.10. The average Bonchev–Trinajstić information content (AvgIpc) is 3.34. The number of halogens is 1. The Balaban J connectivity index is 1.77. The van der Waals surface area contributed by atoms with Crippen molar-refractivity contribution in [1.29, 1.82) is 0 Å². The van der Waals surface area contributed by atoms with E-state index >= 15 is 0 Å². The van der Waals surface area contributed by atoms with Gasteiger partial charge in [0.15, 0.2) is 5.13 Å². The van der Waals surface area contributed by atoms with Gasteiger partial charge in [0.2, 0.25) is 0 Å². The molecule has 2 heterocycles. The number of ether oxygens (including phenoxy) is 1. The van der Waals surface area contributed by atoms with Gasteiger partial charge in [0.25, 0.3) is 5.91 Å². The van der Waals surface area contributed by atoms with Crippen molar-refractivity contribution in [1.82, 2.24) is 4.98 Å². The van der Waals surface area contributed by atoms with Crippen molar-refractivity contribution in [2.24, 2.45) is 0 Å². The van der Waals surface area contributed by atoms with E-state index in [1.165, 1.54) is 23.5 Å². The maximum atomic E-state index is 14.3. The van der Waals surface area contributed by atoms with Gasteiger partial charge in [0.05, 0.1) is 28.4 Å². The van der Waals surface area contributed by atoms with E-state index in [9.17, 15) is 9.18 Å². The van der Waals surface area contributed by atoms with Gasteiger partial charge in [-0.25, -0.2) is 9.37 Å². The third-order valence-electron chi connectivity index (χ3n) is 5.05. The van der Waals surface area contributed by atoms with Crippen LogP contribution in [0.5, 0.6) is 0 Å². The van der Waals surface area contributed by atoms with Crippen LogP contribution in [-0.2, 0) is 4.74 Å². The number of thiazole rings is 1. The van der Waals surface area contributed by atoms with E-state index in [1.54, 1.807) is 17.0 Å². The lowest BCUT2D eigenvalue weighted by molar-refractivity contribution is 0.0914. The zero-order valence-electron chi connectivity index (χ0n) is 16.0. The number of aromatic nitrogens is 1. The van der Waals surface area contributed by atoms with Crippen molar-refractivity contribution in [2.45, 2.75) is 38.7 Å². The van der Waals surface area contributed by atoms with Crippen LogP contribution in [-0.4, -0.2) is 30.1 Å². The van der Waals surface area contributed by atoms with Crippen LogP contribution in [0.2, 0.25) is 0 Å². The normalized spacial score (nSPS) is 16.8. The lowest BCUT2D eigenvalue weighted by atomic mass is 10.0. The summed E-state index contributed by atoms with van der Waals surface area (Å²) in [6.07, 6.45) is 1.82. The molecule has 1 fully saturated rings. The molecule has 0 radical (unpaired) electrons. The number of carbonyl (C=O) groups is 1. The number of hydrogen-bond donors (Lipinski definition) is 0. The molecule has 4 rings (SSSR count). The number of hydrogen-bond acceptors (Lipinski definition) is 4. The molecule has 1 aliphatic rings. The Labute approximate surface area is 168 Å². The fourth-order valence-electron chi connectivity index (χ4n) is 3.56. The zero-order chi connectivity index (χ0) is 19.7. The van der Waals surface area contributed by atoms with E-state index in [0.717, 1.165) is 28.6 Å². The molecule has 0 aliphatic carbocycles. The van der Waals surface area contributed by atoms with Crippen molar-refractivity contribution in [2.75, 3.05) is 18.1 Å². The Morgan fingerprint density at radius 2 is 2.11 bits per heavy atom. The molecule has 1 aliphatic heterocycles. The predicted octanol–water partition coefficient (Wildman–Crippen LogP) is 5.38. The van der Waals surface area contributed by atoms with Crippen LogP contribution >= 0.6 is 11.3 Å². The fraction of sp³-hybridized carbons (Fsp3) is 0.364. The maximum absolute atomic E-state index is 14.3. The molecule has 0 N–H and O–H groups in total. The van der Waals surface area contributed by atoms with Gasteiger partial charge in [-0.3, -0.25) is 9.69 Å². The lowest BCUT2D eigenvalue weighted by Gasteiger charge is -2.23. The molecule has 0 spiro atoms. The minimum Gasteiger partial charge on any atom is -0.376 e. The van der Waals surface area contributed by atoms with Crippen LogP contribution in [0.15, 0.2) is 42.5 Å². The first-order valence-electron chi connectivity index (χ1n) is 9.62. The molecule has 4 nitrogen and oxygen atoms in total. The highest BCUT2D eigenvalue weighted by molar-refractivity contribution is 7.22. The first kappa shape index (κ1) is 19.0. The molecule has 1 saturated heterocycles. The fourth-order valence-corrected chi connectivity index (χ4v) is 4.57. The number of benzene rings is 2. The summed E-state index contributed by atoms with van der Waals surface area (Å²) in [7, 11) is 0. The SMILES string of the molecule is CC(C)c1cccc2sc(N(CC3CCCO3)C(=O)c3ccccc3F)nc12. The quantitative estimate of drug-likeness (QED) is 0.579. The Morgan fingerprint density at radius 1 is 1.29 bits per heavy atom. The van der Waals surface area contributed by atoms with Crippen LogP contribution in [0.4, 0.5) is 9.52 Å². The summed E-state index contributed by atoms with van der Waals surface area (Å²) >= 11 is 1.47. The summed E-state index contributed by atoms with van der Waals surface area (Å²) in [6, 6.07) is 12.2. The molecule has 0 saturated carbocycles. The highest BCUT2D eigenvalue weighted by Gasteiger charge is 2.28. The minimum absolute atomic E-state index is 0.0488. The largest absolute Gasteiger partial charge is 0.376 e. The standard InChI is InChI=1S/C22H23FN2O2S/c1-14(2)16-9-5-11-19-20(16)24-22(28-19)25(13-15-7-6-12-27-15)21(26)17-8-3-4-10-18(17)23/h3-5,8-11,14-15H,6-7,12-13H2,1-2H3. The summed E-state index contributed by atoms with van der Waals surface area (Å²) in [5, 5.41) is 0.590. The van der Waals surface area contributed by atoms with Crippen molar-refractivity contribution in [3.05, 3.63) is 59.4 Å². The molecule has 3 aromatic rings. The third kappa shape index (κ3) is 3.66. The second-order valence-corrected chi connectivity index (χ2v) is 8.38. The van der Waals surface area contributed by atoms with E-state index in [0.29, 0.717) is 24.2 Å². The molecule has 28 heavy (non-hydrogen) atoms. The van der Waals surface area contributed by atoms with Crippen molar-refractivity contribution in [3.63, 3.8) is 0 Å². The number of rotatable bonds is 5. The van der Waals surface area contributed by atoms with Gasteiger partial charge in [-0.1, -0.05) is 49.4 Å². The number of para-hydroxylation sites is 1. The van der Waals surface area contributed by atoms with Crippen LogP contribution in [0, 0.1) is 5.82 Å². The first-order chi connectivity index (χ1) is 13.5. The number of fused-ring (bicyclic) bond motifs is 1. The van der Waals surface area contributed by atoms with Crippen molar-refractivity contribution in [3.8, 4) is 0 Å². The molecule has 146 valence electrons. The van der Waals surface area contributed by atoms with E-state index in [-0.39, 0.29) is 17.6 Å². The van der Waals surface area contributed by atoms with E-state index in [2.05, 4.69) is 19.9 Å². The molecular weight excluding hydrogens is 375 g/mol. The monoisotopic (exact) mass is 398 g/mol. The molecular formula is C22H23FN2O2S. The summed E-state index contributed by atoms with van der Waals surface area (Å²) in [4.78, 5) is 19.6. The first-order valence-corrected chi connectivity index (χ1v) is 10.4. The Hall–Kier alpha value is -2.31. The molecule has 1 aromatic heterocycles. The molecule has 1 amide bonds. The summed E-state index contributed by atoms with van der Waals surface area (Å²) in [5.41, 5.74) is 2.12. The predicted molar refractivity (Wildman–Crippen MR) is 111 cm³/mol. The van der Waals surface area contributed by atoms with Crippen LogP contribution < -0.4 is 4.90 Å². The van der Waals surface area contributed by atoms with Crippen LogP contribution in [0.3, 0.4) is 0 Å². The summed E-state index contributed by atoms with van der Waals surface area (Å²) in [5.74, 6) is -0.569. The van der Waals surface area contributed by atoms with Gasteiger partial charge in [-0.05, 0) is 42.5 Å². The van der Waals surface area contributed by atoms with Crippen LogP contribution in [0.1, 0.15) is 48.5 Å². The van der Waals surface area contributed by atoms with Gasteiger partial charge in [-0.2, -0.15) is 0 Å². The molecule has 6 heteroatoms. The lowest BCUT2D eigenvalue weighted by Crippen LogP contribution is -2.37. The summed E-state index contributed by atoms with van der Waals surface area (Å²) < 4.78 is 21.1. The summed E-state index contributed by atoms with van der Waals surface area (Å²) in [6.45, 7) is 5.33. The van der Waals surface area contributed by atoms with Gasteiger partial charge < -0.3 is 4.74 Å². The number of anilines is 1. The van der Waals surface area contributed by atoms with E-state index < -0.39 is 5.82 Å². The van der Waals surface area contributed by atoms with Gasteiger partial charge in [-0.15, -0.1) is 0 Å². The highest BCUT2D eigenvalue weighted by Crippen LogP contribution is 2.34. The number of carbonyl (C=O) groups excluding carboxylic acids is 1. The molecule has 2 aromatic carbocycles. The number of amides is 1. The Kier molecular flexibility index (Phi) is 5.42. The van der Waals surface area contributed by atoms with Gasteiger partial charge in [0, 0.05) is 6.61 Å². The van der Waals surface area contributed by atoms with Crippen molar-refractivity contribution >= 4 is 32.6 Å². The highest BCUT2D eigenvalue weighted by atomic mass is 32.1. The zero-order valence-corrected chi connectivity index (χ0v) is 16.8. The second kappa shape index (κ2) is 7.97. The Morgan fingerprint density at radius 3 is 2.82 bits per heavy atom. The topological polar surface area (TPSA) is 42.4 Å². The number of nitrogens with zero attached hydrogens (tertiary/aromatic N) is 2. The smallest absolute Gasteiger partial charge is 0.263 e. The van der Waals surface area contributed by atoms with E-state index in [1.807, 2.05) is 12.1 Å². The van der Waals surface area contributed by atoms with Gasteiger partial charge in [0.1, 0.15) is 5.82 Å². The van der Waals surface area contributed by atoms with Crippen molar-refractivity contribution < 1.29 is 13.9 Å². The van der Waals surface area contributed by atoms with E-state index in [4.69, 9.17) is 9.72 Å². The minimum atomic E-state index is -0.520. The molecule has 0 bridgehead atoms. The van der Waals surface area contributed by atoms with Crippen LogP contribution in [0.25, 0.3) is 10.2 Å². The Bertz CT molecular complexity index is 995.